The molecule has 224 valence electrons. The summed E-state index contributed by atoms with van der Waals surface area (Å²) >= 11 is 0. The maximum absolute atomic E-state index is 14.3. The van der Waals surface area contributed by atoms with E-state index in [9.17, 15) is 14.7 Å². The van der Waals surface area contributed by atoms with Gasteiger partial charge in [-0.2, -0.15) is 0 Å². The van der Waals surface area contributed by atoms with E-state index < -0.39 is 5.41 Å². The molecule has 0 bridgehead atoms. The van der Waals surface area contributed by atoms with Crippen molar-refractivity contribution in [2.24, 2.45) is 50.7 Å². The number of aliphatic hydroxyl groups is 1. The van der Waals surface area contributed by atoms with E-state index in [1.165, 1.54) is 24.8 Å². The Kier molecular flexibility index (Phi) is 6.85. The van der Waals surface area contributed by atoms with Crippen LogP contribution in [0.1, 0.15) is 118 Å². The summed E-state index contributed by atoms with van der Waals surface area (Å²) in [5.74, 6) is 2.11. The molecule has 0 unspecified atom stereocenters. The highest BCUT2D eigenvalue weighted by Crippen LogP contribution is 2.76. The minimum atomic E-state index is -0.607. The Balaban J connectivity index is 1.38. The van der Waals surface area contributed by atoms with E-state index >= 15 is 0 Å². The predicted molar refractivity (Wildman–Crippen MR) is 163 cm³/mol. The summed E-state index contributed by atoms with van der Waals surface area (Å²) < 4.78 is 0. The number of carbonyl (C=O) groups is 2. The van der Waals surface area contributed by atoms with Crippen LogP contribution in [0.3, 0.4) is 0 Å². The maximum atomic E-state index is 14.3. The zero-order valence-corrected chi connectivity index (χ0v) is 26.7. The maximum Gasteiger partial charge on any atom is 0.160 e. The van der Waals surface area contributed by atoms with E-state index in [1.807, 2.05) is 12.3 Å². The van der Waals surface area contributed by atoms with E-state index in [-0.39, 0.29) is 45.2 Å². The van der Waals surface area contributed by atoms with E-state index in [0.717, 1.165) is 43.2 Å². The van der Waals surface area contributed by atoms with Crippen LogP contribution in [0.15, 0.2) is 35.7 Å². The molecule has 4 fully saturated rings. The van der Waals surface area contributed by atoms with Gasteiger partial charge < -0.3 is 5.11 Å². The molecule has 41 heavy (non-hydrogen) atoms. The normalized spacial score (nSPS) is 43.3. The van der Waals surface area contributed by atoms with Gasteiger partial charge in [-0.25, -0.2) is 0 Å². The third kappa shape index (κ3) is 3.90. The molecule has 0 saturated heterocycles. The molecule has 5 aliphatic carbocycles. The van der Waals surface area contributed by atoms with Crippen LogP contribution in [0.25, 0.3) is 0 Å². The number of hydrogen-bond acceptors (Lipinski definition) is 4. The number of hydrogen-bond donors (Lipinski definition) is 1. The molecule has 0 aliphatic heterocycles. The van der Waals surface area contributed by atoms with Gasteiger partial charge in [-0.15, -0.1) is 0 Å². The molecule has 8 atom stereocenters. The van der Waals surface area contributed by atoms with E-state index in [0.29, 0.717) is 37.0 Å². The zero-order chi connectivity index (χ0) is 29.6. The number of carbonyl (C=O) groups excluding carboxylic acids is 2. The number of pyridine rings is 1. The number of rotatable bonds is 5. The Bertz CT molecular complexity index is 1260. The number of Topliss-reactive ketones (excluding diaryl/α,β-unsaturated/α-hetero) is 2. The highest BCUT2D eigenvalue weighted by molar-refractivity contribution is 6.07. The second-order valence-corrected chi connectivity index (χ2v) is 16.4. The van der Waals surface area contributed by atoms with Gasteiger partial charge in [0.1, 0.15) is 5.78 Å². The topological polar surface area (TPSA) is 67.3 Å². The van der Waals surface area contributed by atoms with Crippen LogP contribution in [-0.2, 0) is 16.0 Å². The van der Waals surface area contributed by atoms with Crippen molar-refractivity contribution in [2.75, 3.05) is 0 Å². The van der Waals surface area contributed by atoms with Crippen molar-refractivity contribution >= 4 is 11.6 Å². The number of fused-ring (bicyclic) bond motifs is 7. The largest absolute Gasteiger partial charge is 0.393 e. The van der Waals surface area contributed by atoms with Crippen LogP contribution >= 0.6 is 0 Å². The third-order valence-electron chi connectivity index (χ3n) is 14.3. The Morgan fingerprint density at radius 3 is 2.41 bits per heavy atom. The summed E-state index contributed by atoms with van der Waals surface area (Å²) in [4.78, 5) is 32.4. The molecular weight excluding hydrogens is 506 g/mol. The molecule has 5 aliphatic rings. The molecule has 0 amide bonds. The number of allylic oxidation sites excluding steroid dienone is 2. The van der Waals surface area contributed by atoms with Crippen molar-refractivity contribution < 1.29 is 14.7 Å². The van der Waals surface area contributed by atoms with Gasteiger partial charge in [0.15, 0.2) is 5.78 Å². The molecule has 4 nitrogen and oxygen atoms in total. The van der Waals surface area contributed by atoms with Gasteiger partial charge in [0.25, 0.3) is 0 Å². The highest BCUT2D eigenvalue weighted by Gasteiger charge is 2.70. The lowest BCUT2D eigenvalue weighted by atomic mass is 9.33. The quantitative estimate of drug-likeness (QED) is 0.398. The molecule has 1 aromatic rings. The van der Waals surface area contributed by atoms with Crippen molar-refractivity contribution in [3.8, 4) is 0 Å². The number of ketones is 2. The molecule has 0 aromatic carbocycles. The van der Waals surface area contributed by atoms with Crippen LogP contribution in [0.2, 0.25) is 0 Å². The van der Waals surface area contributed by atoms with Crippen LogP contribution in [-0.4, -0.2) is 27.8 Å². The number of aryl methyl sites for hydroxylation is 1. The summed E-state index contributed by atoms with van der Waals surface area (Å²) in [6, 6.07) is 3.99. The van der Waals surface area contributed by atoms with Crippen molar-refractivity contribution in [1.29, 1.82) is 0 Å². The lowest BCUT2D eigenvalue weighted by Crippen LogP contribution is -2.65. The minimum absolute atomic E-state index is 0.0558. The number of aromatic nitrogens is 1. The van der Waals surface area contributed by atoms with E-state index in [1.54, 1.807) is 6.20 Å². The fourth-order valence-electron chi connectivity index (χ4n) is 12.0. The summed E-state index contributed by atoms with van der Waals surface area (Å²) in [6.45, 7) is 16.7. The smallest absolute Gasteiger partial charge is 0.160 e. The van der Waals surface area contributed by atoms with Gasteiger partial charge in [0.05, 0.1) is 11.5 Å². The zero-order valence-electron chi connectivity index (χ0n) is 26.7. The summed E-state index contributed by atoms with van der Waals surface area (Å²) in [5, 5.41) is 11.0. The molecule has 0 radical (unpaired) electrons. The number of aliphatic hydroxyl groups excluding tert-OH is 1. The van der Waals surface area contributed by atoms with Crippen molar-refractivity contribution in [3.05, 3.63) is 41.2 Å². The fourth-order valence-corrected chi connectivity index (χ4v) is 12.0. The minimum Gasteiger partial charge on any atom is -0.393 e. The van der Waals surface area contributed by atoms with Crippen LogP contribution in [0.5, 0.6) is 0 Å². The van der Waals surface area contributed by atoms with Gasteiger partial charge in [-0.05, 0) is 126 Å². The van der Waals surface area contributed by atoms with E-state index in [2.05, 4.69) is 59.5 Å². The van der Waals surface area contributed by atoms with Gasteiger partial charge >= 0.3 is 0 Å². The first-order valence-corrected chi connectivity index (χ1v) is 16.6. The van der Waals surface area contributed by atoms with Gasteiger partial charge in [-0.3, -0.25) is 14.6 Å². The van der Waals surface area contributed by atoms with Crippen molar-refractivity contribution in [2.45, 2.75) is 125 Å². The van der Waals surface area contributed by atoms with Crippen LogP contribution in [0, 0.1) is 50.7 Å². The second kappa shape index (κ2) is 9.60. The highest BCUT2D eigenvalue weighted by atomic mass is 16.3. The van der Waals surface area contributed by atoms with E-state index in [4.69, 9.17) is 0 Å². The molecule has 1 aromatic heterocycles. The lowest BCUT2D eigenvalue weighted by molar-refractivity contribution is -0.228. The van der Waals surface area contributed by atoms with Crippen molar-refractivity contribution in [3.63, 3.8) is 0 Å². The average Bonchev–Trinajstić information content (AvgIpc) is 3.24. The second-order valence-electron chi connectivity index (χ2n) is 16.4. The first-order chi connectivity index (χ1) is 19.2. The van der Waals surface area contributed by atoms with Gasteiger partial charge in [0.2, 0.25) is 0 Å². The van der Waals surface area contributed by atoms with Gasteiger partial charge in [0, 0.05) is 25.2 Å². The van der Waals surface area contributed by atoms with Gasteiger partial charge in [-0.1, -0.05) is 54.5 Å². The number of nitrogens with zero attached hydrogens (tertiary/aromatic N) is 1. The first kappa shape index (κ1) is 29.3. The molecule has 1 N–H and O–H groups in total. The standard InChI is InChI=1S/C37H53NO3/c1-23(2)31-26(39)21-37(30(41)13-10-24-9-8-20-38-22-24)19-18-35(6)25(32(31)37)11-12-28-34(5)16-15-29(40)33(3,4)27(34)14-17-36(28,35)7/h8-9,20,22-23,25,27-29,40H,10-19,21H2,1-7H3/t25-,27+,28-,29+,34+,35-,36-,37+/m1/s1. The molecule has 0 spiro atoms. The Labute approximate surface area is 248 Å². The summed E-state index contributed by atoms with van der Waals surface area (Å²) in [5.41, 5.74) is 3.15. The molecular formula is C37H53NO3. The molecule has 6 rings (SSSR count). The van der Waals surface area contributed by atoms with Crippen molar-refractivity contribution in [1.82, 2.24) is 4.98 Å². The molecule has 4 heteroatoms. The summed E-state index contributed by atoms with van der Waals surface area (Å²) in [6.07, 6.45) is 13.4. The Morgan fingerprint density at radius 2 is 1.73 bits per heavy atom. The fraction of sp³-hybridized carbons (Fsp3) is 0.757. The Morgan fingerprint density at radius 1 is 0.976 bits per heavy atom. The Hall–Kier alpha value is -1.81. The third-order valence-corrected chi connectivity index (χ3v) is 14.3. The van der Waals surface area contributed by atoms with Crippen LogP contribution < -0.4 is 0 Å². The average molecular weight is 560 g/mol. The SMILES string of the molecule is CC(C)C1=C2[C@H]3CC[C@@H]4[C@@]5(C)CC[C@H](O)C(C)(C)[C@@H]5CC[C@@]4(C)[C@]3(C)CC[C@@]2(C(=O)CCc2cccnc2)CC1=O. The predicted octanol–water partition coefficient (Wildman–Crippen LogP) is 7.92. The first-order valence-electron chi connectivity index (χ1n) is 16.6. The summed E-state index contributed by atoms with van der Waals surface area (Å²) in [7, 11) is 0. The molecule has 4 saturated carbocycles. The molecule has 1 heterocycles. The van der Waals surface area contributed by atoms with Crippen LogP contribution in [0.4, 0.5) is 0 Å². The lowest BCUT2D eigenvalue weighted by Gasteiger charge is -2.72. The monoisotopic (exact) mass is 559 g/mol.